The van der Waals surface area contributed by atoms with Crippen molar-refractivity contribution in [1.82, 2.24) is 0 Å². The van der Waals surface area contributed by atoms with Crippen LogP contribution in [0.1, 0.15) is 36.8 Å². The van der Waals surface area contributed by atoms with Crippen LogP contribution in [0.15, 0.2) is 16.6 Å². The van der Waals surface area contributed by atoms with Crippen molar-refractivity contribution in [3.8, 4) is 5.75 Å². The van der Waals surface area contributed by atoms with E-state index in [2.05, 4.69) is 41.9 Å². The second kappa shape index (κ2) is 4.56. The first kappa shape index (κ1) is 11.0. The first-order chi connectivity index (χ1) is 7.18. The number of ether oxygens (including phenoxy) is 1. The minimum absolute atomic E-state index is 0.432. The fourth-order valence-electron chi connectivity index (χ4n) is 2.07. The van der Waals surface area contributed by atoms with E-state index in [1.807, 2.05) is 0 Å². The number of hydrogen-bond acceptors (Lipinski definition) is 1. The standard InChI is InChI=1S/C13H17BrO/c1-9-7-8-12(14)13(10(9)2)15-11-5-3-4-6-11/h7-8,11H,3-6H2,1-2H3. The van der Waals surface area contributed by atoms with E-state index in [1.165, 1.54) is 36.8 Å². The normalized spacial score (nSPS) is 17.0. The number of halogens is 1. The van der Waals surface area contributed by atoms with Gasteiger partial charge in [-0.2, -0.15) is 0 Å². The minimum Gasteiger partial charge on any atom is -0.489 e. The molecule has 1 aromatic carbocycles. The van der Waals surface area contributed by atoms with Crippen LogP contribution in [-0.4, -0.2) is 6.10 Å². The SMILES string of the molecule is Cc1ccc(Br)c(OC2CCCC2)c1C. The summed E-state index contributed by atoms with van der Waals surface area (Å²) in [6.07, 6.45) is 5.47. The van der Waals surface area contributed by atoms with Crippen LogP contribution in [0.25, 0.3) is 0 Å². The Labute approximate surface area is 100.0 Å². The molecule has 0 N–H and O–H groups in total. The molecule has 0 aliphatic heterocycles. The van der Waals surface area contributed by atoms with Crippen molar-refractivity contribution < 1.29 is 4.74 Å². The molecule has 1 saturated carbocycles. The van der Waals surface area contributed by atoms with Gasteiger partial charge in [0.1, 0.15) is 5.75 Å². The molecule has 0 heterocycles. The van der Waals surface area contributed by atoms with Gasteiger partial charge in [-0.15, -0.1) is 0 Å². The van der Waals surface area contributed by atoms with Crippen LogP contribution < -0.4 is 4.74 Å². The molecule has 1 aromatic rings. The molecule has 0 amide bonds. The lowest BCUT2D eigenvalue weighted by Crippen LogP contribution is -2.12. The van der Waals surface area contributed by atoms with E-state index in [0.29, 0.717) is 6.10 Å². The summed E-state index contributed by atoms with van der Waals surface area (Å²) >= 11 is 3.56. The van der Waals surface area contributed by atoms with Crippen molar-refractivity contribution in [2.45, 2.75) is 45.6 Å². The molecule has 0 bridgehead atoms. The van der Waals surface area contributed by atoms with Crippen LogP contribution in [0.4, 0.5) is 0 Å². The van der Waals surface area contributed by atoms with Crippen molar-refractivity contribution in [2.75, 3.05) is 0 Å². The molecule has 0 saturated heterocycles. The summed E-state index contributed by atoms with van der Waals surface area (Å²) in [6.45, 7) is 4.26. The lowest BCUT2D eigenvalue weighted by atomic mass is 10.1. The zero-order valence-corrected chi connectivity index (χ0v) is 10.9. The average Bonchev–Trinajstić information content (AvgIpc) is 2.71. The smallest absolute Gasteiger partial charge is 0.137 e. The van der Waals surface area contributed by atoms with Crippen molar-refractivity contribution in [1.29, 1.82) is 0 Å². The van der Waals surface area contributed by atoms with E-state index in [0.717, 1.165) is 10.2 Å². The number of rotatable bonds is 2. The summed E-state index contributed by atoms with van der Waals surface area (Å²) in [5, 5.41) is 0. The second-order valence-electron chi connectivity index (χ2n) is 4.34. The maximum absolute atomic E-state index is 6.07. The van der Waals surface area contributed by atoms with Gasteiger partial charge in [0.2, 0.25) is 0 Å². The van der Waals surface area contributed by atoms with Gasteiger partial charge in [0.25, 0.3) is 0 Å². The van der Waals surface area contributed by atoms with E-state index in [1.54, 1.807) is 0 Å². The third-order valence-corrected chi connectivity index (χ3v) is 3.84. The number of hydrogen-bond donors (Lipinski definition) is 0. The van der Waals surface area contributed by atoms with Gasteiger partial charge in [-0.05, 0) is 72.7 Å². The molecule has 1 fully saturated rings. The number of aryl methyl sites for hydroxylation is 1. The second-order valence-corrected chi connectivity index (χ2v) is 5.20. The maximum Gasteiger partial charge on any atom is 0.137 e. The zero-order chi connectivity index (χ0) is 10.8. The van der Waals surface area contributed by atoms with Crippen LogP contribution in [0.5, 0.6) is 5.75 Å². The lowest BCUT2D eigenvalue weighted by molar-refractivity contribution is 0.207. The van der Waals surface area contributed by atoms with Crippen molar-refractivity contribution >= 4 is 15.9 Å². The summed E-state index contributed by atoms with van der Waals surface area (Å²) in [5.74, 6) is 1.04. The summed E-state index contributed by atoms with van der Waals surface area (Å²) in [6, 6.07) is 4.20. The van der Waals surface area contributed by atoms with Gasteiger partial charge in [0.05, 0.1) is 10.6 Å². The van der Waals surface area contributed by atoms with Gasteiger partial charge >= 0.3 is 0 Å². The molecule has 2 rings (SSSR count). The topological polar surface area (TPSA) is 9.23 Å². The first-order valence-corrected chi connectivity index (χ1v) is 6.40. The number of benzene rings is 1. The first-order valence-electron chi connectivity index (χ1n) is 5.61. The lowest BCUT2D eigenvalue weighted by Gasteiger charge is -2.17. The van der Waals surface area contributed by atoms with Crippen molar-refractivity contribution in [3.05, 3.63) is 27.7 Å². The molecule has 0 radical (unpaired) electrons. The quantitative estimate of drug-likeness (QED) is 0.773. The summed E-state index contributed by atoms with van der Waals surface area (Å²) < 4.78 is 7.15. The Kier molecular flexibility index (Phi) is 3.35. The Morgan fingerprint density at radius 3 is 2.53 bits per heavy atom. The summed E-state index contributed by atoms with van der Waals surface area (Å²) in [5.41, 5.74) is 2.56. The third kappa shape index (κ3) is 2.36. The molecular weight excluding hydrogens is 252 g/mol. The van der Waals surface area contributed by atoms with E-state index < -0.39 is 0 Å². The molecule has 1 aliphatic carbocycles. The highest BCUT2D eigenvalue weighted by atomic mass is 79.9. The van der Waals surface area contributed by atoms with Crippen molar-refractivity contribution in [2.24, 2.45) is 0 Å². The highest BCUT2D eigenvalue weighted by Gasteiger charge is 2.18. The van der Waals surface area contributed by atoms with Crippen LogP contribution >= 0.6 is 15.9 Å². The van der Waals surface area contributed by atoms with E-state index >= 15 is 0 Å². The Morgan fingerprint density at radius 2 is 1.87 bits per heavy atom. The van der Waals surface area contributed by atoms with Gasteiger partial charge < -0.3 is 4.74 Å². The van der Waals surface area contributed by atoms with Gasteiger partial charge in [0.15, 0.2) is 0 Å². The summed E-state index contributed by atoms with van der Waals surface area (Å²) in [7, 11) is 0. The van der Waals surface area contributed by atoms with E-state index in [9.17, 15) is 0 Å². The zero-order valence-electron chi connectivity index (χ0n) is 9.35. The van der Waals surface area contributed by atoms with Crippen LogP contribution in [0, 0.1) is 13.8 Å². The third-order valence-electron chi connectivity index (χ3n) is 3.22. The predicted octanol–water partition coefficient (Wildman–Crippen LogP) is 4.39. The highest BCUT2D eigenvalue weighted by Crippen LogP contribution is 2.34. The van der Waals surface area contributed by atoms with Gasteiger partial charge in [0, 0.05) is 0 Å². The van der Waals surface area contributed by atoms with Gasteiger partial charge in [-0.25, -0.2) is 0 Å². The van der Waals surface area contributed by atoms with Crippen LogP contribution in [0.3, 0.4) is 0 Å². The molecule has 1 aliphatic rings. The monoisotopic (exact) mass is 268 g/mol. The Bertz CT molecular complexity index is 354. The minimum atomic E-state index is 0.432. The molecule has 0 aromatic heterocycles. The Morgan fingerprint density at radius 1 is 1.20 bits per heavy atom. The molecule has 2 heteroatoms. The van der Waals surface area contributed by atoms with Crippen LogP contribution in [0.2, 0.25) is 0 Å². The summed E-state index contributed by atoms with van der Waals surface area (Å²) in [4.78, 5) is 0. The average molecular weight is 269 g/mol. The maximum atomic E-state index is 6.07. The molecular formula is C13H17BrO. The largest absolute Gasteiger partial charge is 0.489 e. The van der Waals surface area contributed by atoms with E-state index in [-0.39, 0.29) is 0 Å². The molecule has 0 unspecified atom stereocenters. The molecule has 15 heavy (non-hydrogen) atoms. The highest BCUT2D eigenvalue weighted by molar-refractivity contribution is 9.10. The Hall–Kier alpha value is -0.500. The fourth-order valence-corrected chi connectivity index (χ4v) is 2.60. The predicted molar refractivity (Wildman–Crippen MR) is 66.5 cm³/mol. The molecule has 82 valence electrons. The van der Waals surface area contributed by atoms with Crippen LogP contribution in [-0.2, 0) is 0 Å². The van der Waals surface area contributed by atoms with Gasteiger partial charge in [-0.1, -0.05) is 6.07 Å². The fraction of sp³-hybridized carbons (Fsp3) is 0.538. The van der Waals surface area contributed by atoms with E-state index in [4.69, 9.17) is 4.74 Å². The van der Waals surface area contributed by atoms with Gasteiger partial charge in [-0.3, -0.25) is 0 Å². The molecule has 1 nitrogen and oxygen atoms in total. The Balaban J connectivity index is 2.22. The molecule has 0 atom stereocenters. The molecule has 0 spiro atoms. The van der Waals surface area contributed by atoms with Crippen molar-refractivity contribution in [3.63, 3.8) is 0 Å².